The van der Waals surface area contributed by atoms with E-state index in [-0.39, 0.29) is 28.2 Å². The maximum atomic E-state index is 13.2. The van der Waals surface area contributed by atoms with Gasteiger partial charge < -0.3 is 9.73 Å². The van der Waals surface area contributed by atoms with Gasteiger partial charge in [-0.2, -0.15) is 14.6 Å². The van der Waals surface area contributed by atoms with Crippen molar-refractivity contribution in [3.05, 3.63) is 101 Å². The lowest BCUT2D eigenvalue weighted by atomic mass is 10.0. The van der Waals surface area contributed by atoms with Crippen molar-refractivity contribution in [2.45, 2.75) is 24.4 Å². The Hall–Kier alpha value is -4.00. The minimum absolute atomic E-state index is 0.0748. The third kappa shape index (κ3) is 4.67. The fraction of sp³-hybridized carbons (Fsp3) is 0.154. The summed E-state index contributed by atoms with van der Waals surface area (Å²) in [7, 11) is -3.66. The molecule has 176 valence electrons. The van der Waals surface area contributed by atoms with E-state index in [1.807, 2.05) is 30.3 Å². The molecule has 0 aliphatic carbocycles. The molecule has 4 aromatic rings. The van der Waals surface area contributed by atoms with Gasteiger partial charge in [0.1, 0.15) is 11.9 Å². The highest BCUT2D eigenvalue weighted by Crippen LogP contribution is 2.29. The van der Waals surface area contributed by atoms with Crippen molar-refractivity contribution in [2.24, 2.45) is 0 Å². The molecule has 1 N–H and O–H groups in total. The van der Waals surface area contributed by atoms with Crippen LogP contribution in [0.5, 0.6) is 0 Å². The number of fused-ring (bicyclic) bond motifs is 1. The van der Waals surface area contributed by atoms with E-state index in [2.05, 4.69) is 10.3 Å². The molecule has 0 radical (unpaired) electrons. The number of nitriles is 1. The Balaban J connectivity index is 1.33. The molecule has 1 aromatic heterocycles. The van der Waals surface area contributed by atoms with Crippen LogP contribution in [0.1, 0.15) is 22.4 Å². The molecule has 3 aromatic carbocycles. The molecule has 0 atom stereocenters. The number of rotatable bonds is 6. The maximum Gasteiger partial charge on any atom is 0.243 e. The molecular formula is C26H21FN4O3S. The van der Waals surface area contributed by atoms with Gasteiger partial charge in [0, 0.05) is 25.2 Å². The van der Waals surface area contributed by atoms with Crippen LogP contribution in [0.3, 0.4) is 0 Å². The van der Waals surface area contributed by atoms with Gasteiger partial charge in [0.05, 0.1) is 4.90 Å². The molecule has 0 saturated heterocycles. The number of benzene rings is 3. The van der Waals surface area contributed by atoms with E-state index in [4.69, 9.17) is 4.42 Å². The van der Waals surface area contributed by atoms with E-state index in [0.717, 1.165) is 11.1 Å². The average Bonchev–Trinajstić information content (AvgIpc) is 3.31. The molecule has 5 rings (SSSR count). The normalized spacial score (nSPS) is 13.7. The summed E-state index contributed by atoms with van der Waals surface area (Å²) in [4.78, 5) is 4.40. The Labute approximate surface area is 202 Å². The summed E-state index contributed by atoms with van der Waals surface area (Å²) < 4.78 is 46.7. The SMILES string of the molecule is N#Cc1nc(-c2ccc(S(=O)(=O)N3CCc4ccccc4C3)cc2)oc1NCc1ccc(F)cc1. The molecule has 9 heteroatoms. The van der Waals surface area contributed by atoms with E-state index < -0.39 is 10.0 Å². The number of nitrogens with one attached hydrogen (secondary N) is 1. The van der Waals surface area contributed by atoms with E-state index in [1.165, 1.54) is 34.1 Å². The van der Waals surface area contributed by atoms with Crippen molar-refractivity contribution in [2.75, 3.05) is 11.9 Å². The van der Waals surface area contributed by atoms with Gasteiger partial charge in [-0.15, -0.1) is 0 Å². The molecule has 0 bridgehead atoms. The first kappa shape index (κ1) is 22.8. The summed E-state index contributed by atoms with van der Waals surface area (Å²) >= 11 is 0. The van der Waals surface area contributed by atoms with E-state index in [1.54, 1.807) is 24.3 Å². The second kappa shape index (κ2) is 9.33. The van der Waals surface area contributed by atoms with Crippen LogP contribution in [0.25, 0.3) is 11.5 Å². The summed E-state index contributed by atoms with van der Waals surface area (Å²) in [5, 5.41) is 12.4. The summed E-state index contributed by atoms with van der Waals surface area (Å²) in [6, 6.07) is 22.1. The van der Waals surface area contributed by atoms with Crippen LogP contribution in [0.4, 0.5) is 10.3 Å². The number of nitrogens with zero attached hydrogens (tertiary/aromatic N) is 3. The van der Waals surface area contributed by atoms with Crippen LogP contribution in [0.2, 0.25) is 0 Å². The smallest absolute Gasteiger partial charge is 0.243 e. The van der Waals surface area contributed by atoms with Crippen LogP contribution < -0.4 is 5.32 Å². The van der Waals surface area contributed by atoms with Crippen molar-refractivity contribution in [1.82, 2.24) is 9.29 Å². The fourth-order valence-electron chi connectivity index (χ4n) is 4.02. The van der Waals surface area contributed by atoms with Crippen LogP contribution >= 0.6 is 0 Å². The van der Waals surface area contributed by atoms with Crippen molar-refractivity contribution in [1.29, 1.82) is 5.26 Å². The number of halogens is 1. The predicted octanol–water partition coefficient (Wildman–Crippen LogP) is 4.71. The fourth-order valence-corrected chi connectivity index (χ4v) is 5.44. The van der Waals surface area contributed by atoms with Crippen LogP contribution in [0.15, 0.2) is 82.1 Å². The van der Waals surface area contributed by atoms with Gasteiger partial charge in [-0.25, -0.2) is 12.8 Å². The Morgan fingerprint density at radius 1 is 1.03 bits per heavy atom. The maximum absolute atomic E-state index is 13.2. The molecule has 0 unspecified atom stereocenters. The number of hydrogen-bond donors (Lipinski definition) is 1. The lowest BCUT2D eigenvalue weighted by Crippen LogP contribution is -2.35. The van der Waals surface area contributed by atoms with Gasteiger partial charge >= 0.3 is 0 Å². The topological polar surface area (TPSA) is 99.2 Å². The summed E-state index contributed by atoms with van der Waals surface area (Å²) in [5.41, 5.74) is 3.62. The third-order valence-electron chi connectivity index (χ3n) is 5.93. The first-order valence-electron chi connectivity index (χ1n) is 11.0. The zero-order valence-corrected chi connectivity index (χ0v) is 19.4. The molecule has 0 amide bonds. The number of oxazole rings is 1. The van der Waals surface area contributed by atoms with Crippen LogP contribution in [-0.4, -0.2) is 24.3 Å². The van der Waals surface area contributed by atoms with Crippen molar-refractivity contribution in [3.8, 4) is 17.5 Å². The van der Waals surface area contributed by atoms with Crippen molar-refractivity contribution < 1.29 is 17.2 Å². The van der Waals surface area contributed by atoms with Gasteiger partial charge in [0.25, 0.3) is 0 Å². The molecule has 1 aliphatic rings. The molecule has 2 heterocycles. The molecule has 0 saturated carbocycles. The van der Waals surface area contributed by atoms with Crippen LogP contribution in [-0.2, 0) is 29.5 Å². The Morgan fingerprint density at radius 3 is 2.46 bits per heavy atom. The highest BCUT2D eigenvalue weighted by Gasteiger charge is 2.28. The molecule has 1 aliphatic heterocycles. The minimum atomic E-state index is -3.66. The molecular weight excluding hydrogens is 467 g/mol. The predicted molar refractivity (Wildman–Crippen MR) is 128 cm³/mol. The summed E-state index contributed by atoms with van der Waals surface area (Å²) in [5.74, 6) is 0.0542. The molecule has 0 spiro atoms. The van der Waals surface area contributed by atoms with Gasteiger partial charge in [-0.05, 0) is 59.5 Å². The van der Waals surface area contributed by atoms with E-state index in [0.29, 0.717) is 31.6 Å². The summed E-state index contributed by atoms with van der Waals surface area (Å²) in [6.45, 7) is 1.09. The molecule has 35 heavy (non-hydrogen) atoms. The standard InChI is InChI=1S/C26H21FN4O3S/c27-22-9-5-18(6-10-22)16-29-26-24(15-28)30-25(34-26)20-7-11-23(12-8-20)35(32,33)31-14-13-19-3-1-2-4-21(19)17-31/h1-12,29H,13-14,16-17H2. The third-order valence-corrected chi connectivity index (χ3v) is 7.79. The second-order valence-electron chi connectivity index (χ2n) is 8.17. The van der Waals surface area contributed by atoms with Crippen molar-refractivity contribution >= 4 is 15.9 Å². The quantitative estimate of drug-likeness (QED) is 0.422. The number of anilines is 1. The lowest BCUT2D eigenvalue weighted by Gasteiger charge is -2.28. The number of sulfonamides is 1. The molecule has 0 fully saturated rings. The lowest BCUT2D eigenvalue weighted by molar-refractivity contribution is 0.391. The van der Waals surface area contributed by atoms with Gasteiger partial charge in [-0.1, -0.05) is 36.4 Å². The van der Waals surface area contributed by atoms with Gasteiger partial charge in [-0.3, -0.25) is 0 Å². The molecule has 7 nitrogen and oxygen atoms in total. The second-order valence-corrected chi connectivity index (χ2v) is 10.1. The highest BCUT2D eigenvalue weighted by atomic mass is 32.2. The first-order valence-corrected chi connectivity index (χ1v) is 12.4. The summed E-state index contributed by atoms with van der Waals surface area (Å²) in [6.07, 6.45) is 0.675. The van der Waals surface area contributed by atoms with Crippen molar-refractivity contribution in [3.63, 3.8) is 0 Å². The largest absolute Gasteiger partial charge is 0.419 e. The number of hydrogen-bond acceptors (Lipinski definition) is 6. The Bertz CT molecular complexity index is 1510. The van der Waals surface area contributed by atoms with Gasteiger partial charge in [0.15, 0.2) is 0 Å². The van der Waals surface area contributed by atoms with E-state index in [9.17, 15) is 18.1 Å². The first-order chi connectivity index (χ1) is 16.9. The van der Waals surface area contributed by atoms with Crippen LogP contribution in [0, 0.1) is 17.1 Å². The minimum Gasteiger partial charge on any atom is -0.419 e. The average molecular weight is 489 g/mol. The highest BCUT2D eigenvalue weighted by molar-refractivity contribution is 7.89. The monoisotopic (exact) mass is 488 g/mol. The zero-order valence-electron chi connectivity index (χ0n) is 18.6. The Morgan fingerprint density at radius 2 is 1.74 bits per heavy atom. The zero-order chi connectivity index (χ0) is 24.4. The Kier molecular flexibility index (Phi) is 6.07. The van der Waals surface area contributed by atoms with Gasteiger partial charge in [0.2, 0.25) is 27.5 Å². The van der Waals surface area contributed by atoms with E-state index >= 15 is 0 Å². The number of aromatic nitrogens is 1.